The monoisotopic (exact) mass is 292 g/mol. The Bertz CT molecular complexity index is 540. The second-order valence-corrected chi connectivity index (χ2v) is 4.56. The second kappa shape index (κ2) is 8.04. The maximum atomic E-state index is 11.8. The Morgan fingerprint density at radius 1 is 1.48 bits per heavy atom. The van der Waals surface area contributed by atoms with Gasteiger partial charge in [-0.3, -0.25) is 4.79 Å². The average molecular weight is 292 g/mol. The molecule has 2 N–H and O–H groups in total. The van der Waals surface area contributed by atoms with Crippen molar-refractivity contribution in [3.8, 4) is 5.75 Å². The van der Waals surface area contributed by atoms with Crippen LogP contribution in [0.5, 0.6) is 5.75 Å². The van der Waals surface area contributed by atoms with Gasteiger partial charge in [0.05, 0.1) is 0 Å². The largest absolute Gasteiger partial charge is 0.479 e. The molecule has 114 valence electrons. The van der Waals surface area contributed by atoms with Crippen molar-refractivity contribution in [1.29, 1.82) is 0 Å². The van der Waals surface area contributed by atoms with E-state index in [0.29, 0.717) is 18.0 Å². The van der Waals surface area contributed by atoms with Crippen molar-refractivity contribution in [3.05, 3.63) is 29.6 Å². The molecule has 1 rings (SSSR count). The van der Waals surface area contributed by atoms with Crippen LogP contribution >= 0.6 is 0 Å². The molecule has 0 saturated heterocycles. The van der Waals surface area contributed by atoms with Crippen LogP contribution in [-0.4, -0.2) is 34.6 Å². The Balaban J connectivity index is 2.87. The van der Waals surface area contributed by atoms with Gasteiger partial charge in [-0.05, 0) is 38.5 Å². The summed E-state index contributed by atoms with van der Waals surface area (Å²) in [6, 6.07) is 3.41. The number of nitrogens with zero attached hydrogens (tertiary/aromatic N) is 1. The third kappa shape index (κ3) is 5.64. The van der Waals surface area contributed by atoms with Gasteiger partial charge in [0.25, 0.3) is 5.91 Å². The summed E-state index contributed by atoms with van der Waals surface area (Å²) in [5, 5.41) is 11.4. The first-order valence-electron chi connectivity index (χ1n) is 6.77. The normalized spacial score (nSPS) is 12.1. The molecular formula is C15H20N2O4. The lowest BCUT2D eigenvalue weighted by molar-refractivity contribution is -0.131. The van der Waals surface area contributed by atoms with E-state index in [-0.39, 0.29) is 5.91 Å². The fourth-order valence-electron chi connectivity index (χ4n) is 1.57. The molecule has 1 heterocycles. The predicted octanol–water partition coefficient (Wildman–Crippen LogP) is 1.78. The molecule has 1 aromatic heterocycles. The minimum atomic E-state index is -1.07. The molecule has 0 fully saturated rings. The number of aryl methyl sites for hydroxylation is 1. The fraction of sp³-hybridized carbons (Fsp3) is 0.400. The highest BCUT2D eigenvalue weighted by Gasteiger charge is 2.15. The number of nitrogens with one attached hydrogen (secondary N) is 1. The zero-order valence-corrected chi connectivity index (χ0v) is 12.4. The Morgan fingerprint density at radius 3 is 2.81 bits per heavy atom. The van der Waals surface area contributed by atoms with Crippen molar-refractivity contribution in [3.63, 3.8) is 0 Å². The van der Waals surface area contributed by atoms with Crippen molar-refractivity contribution in [2.24, 2.45) is 0 Å². The molecule has 0 aromatic carbocycles. The van der Waals surface area contributed by atoms with Crippen molar-refractivity contribution < 1.29 is 19.4 Å². The first-order valence-corrected chi connectivity index (χ1v) is 6.77. The number of rotatable bonds is 7. The number of hydrogen-bond acceptors (Lipinski definition) is 4. The number of pyridine rings is 1. The molecule has 0 aliphatic heterocycles. The number of carboxylic acids is 1. The molecule has 1 amide bonds. The summed E-state index contributed by atoms with van der Waals surface area (Å²) in [5.41, 5.74) is 1.11. The summed E-state index contributed by atoms with van der Waals surface area (Å²) in [4.78, 5) is 26.6. The van der Waals surface area contributed by atoms with Crippen molar-refractivity contribution in [2.75, 3.05) is 6.54 Å². The van der Waals surface area contributed by atoms with Crippen LogP contribution in [0, 0.1) is 6.92 Å². The first kappa shape index (κ1) is 16.7. The van der Waals surface area contributed by atoms with E-state index in [9.17, 15) is 9.59 Å². The summed E-state index contributed by atoms with van der Waals surface area (Å²) < 4.78 is 5.57. The number of carbonyl (C=O) groups is 2. The average Bonchev–Trinajstić information content (AvgIpc) is 2.44. The molecule has 21 heavy (non-hydrogen) atoms. The number of hydrogen-bond donors (Lipinski definition) is 2. The molecule has 0 bridgehead atoms. The minimum Gasteiger partial charge on any atom is -0.479 e. The Morgan fingerprint density at radius 2 is 2.19 bits per heavy atom. The molecule has 0 aliphatic carbocycles. The molecular weight excluding hydrogens is 272 g/mol. The van der Waals surface area contributed by atoms with Crippen molar-refractivity contribution in [2.45, 2.75) is 33.3 Å². The molecule has 0 spiro atoms. The second-order valence-electron chi connectivity index (χ2n) is 4.56. The lowest BCUT2D eigenvalue weighted by Gasteiger charge is -2.16. The van der Waals surface area contributed by atoms with E-state index in [0.717, 1.165) is 18.2 Å². The Hall–Kier alpha value is -2.37. The minimum absolute atomic E-state index is 0.217. The zero-order chi connectivity index (χ0) is 15.8. The number of aliphatic carboxylic acids is 1. The van der Waals surface area contributed by atoms with Gasteiger partial charge >= 0.3 is 5.97 Å². The van der Waals surface area contributed by atoms with Crippen LogP contribution in [0.4, 0.5) is 0 Å². The van der Waals surface area contributed by atoms with Crippen LogP contribution in [0.3, 0.4) is 0 Å². The lowest BCUT2D eigenvalue weighted by Crippen LogP contribution is -2.36. The molecule has 0 aliphatic rings. The third-order valence-corrected chi connectivity index (χ3v) is 2.63. The van der Waals surface area contributed by atoms with Gasteiger partial charge in [0.2, 0.25) is 0 Å². The summed E-state index contributed by atoms with van der Waals surface area (Å²) in [6.45, 7) is 5.98. The molecule has 6 nitrogen and oxygen atoms in total. The maximum Gasteiger partial charge on any atom is 0.328 e. The van der Waals surface area contributed by atoms with Gasteiger partial charge in [0.1, 0.15) is 11.4 Å². The quantitative estimate of drug-likeness (QED) is 0.748. The Labute approximate surface area is 123 Å². The maximum absolute atomic E-state index is 11.8. The van der Waals surface area contributed by atoms with E-state index in [2.05, 4.69) is 10.3 Å². The summed E-state index contributed by atoms with van der Waals surface area (Å²) in [7, 11) is 0. The van der Waals surface area contributed by atoms with Gasteiger partial charge in [-0.25, -0.2) is 9.78 Å². The van der Waals surface area contributed by atoms with Crippen LogP contribution in [0.25, 0.3) is 6.08 Å². The molecule has 1 atom stereocenters. The van der Waals surface area contributed by atoms with Crippen molar-refractivity contribution >= 4 is 18.0 Å². The van der Waals surface area contributed by atoms with E-state index in [1.807, 2.05) is 6.92 Å². The topological polar surface area (TPSA) is 88.5 Å². The van der Waals surface area contributed by atoms with Crippen LogP contribution in [0.15, 0.2) is 18.2 Å². The van der Waals surface area contributed by atoms with Gasteiger partial charge < -0.3 is 15.2 Å². The number of ether oxygens (including phenoxy) is 1. The Kier molecular flexibility index (Phi) is 6.39. The van der Waals surface area contributed by atoms with E-state index in [4.69, 9.17) is 9.84 Å². The summed E-state index contributed by atoms with van der Waals surface area (Å²) in [5.74, 6) is -0.916. The summed E-state index contributed by atoms with van der Waals surface area (Å²) in [6.07, 6.45) is 2.49. The van der Waals surface area contributed by atoms with E-state index < -0.39 is 12.1 Å². The van der Waals surface area contributed by atoms with Gasteiger partial charge in [0.15, 0.2) is 6.10 Å². The number of amides is 1. The van der Waals surface area contributed by atoms with Crippen LogP contribution in [-0.2, 0) is 9.59 Å². The third-order valence-electron chi connectivity index (χ3n) is 2.63. The van der Waals surface area contributed by atoms with Gasteiger partial charge in [0, 0.05) is 18.3 Å². The van der Waals surface area contributed by atoms with Gasteiger partial charge in [-0.15, -0.1) is 0 Å². The molecule has 1 aromatic rings. The zero-order valence-electron chi connectivity index (χ0n) is 12.4. The first-order chi connectivity index (χ1) is 9.93. The lowest BCUT2D eigenvalue weighted by atomic mass is 10.2. The van der Waals surface area contributed by atoms with Crippen LogP contribution < -0.4 is 10.1 Å². The molecule has 6 heteroatoms. The standard InChI is InChI=1S/C15H20N2O4/c1-4-9-16-15(20)11(3)21-13-7-5-10(2)17-12(13)6-8-14(18)19/h5-8,11H,4,9H2,1-3H3,(H,16,20)(H,18,19). The predicted molar refractivity (Wildman–Crippen MR) is 79.0 cm³/mol. The summed E-state index contributed by atoms with van der Waals surface area (Å²) >= 11 is 0. The molecule has 1 unspecified atom stereocenters. The fourth-order valence-corrected chi connectivity index (χ4v) is 1.57. The number of carbonyl (C=O) groups excluding carboxylic acids is 1. The van der Waals surface area contributed by atoms with Crippen molar-refractivity contribution in [1.82, 2.24) is 10.3 Å². The number of aromatic nitrogens is 1. The highest BCUT2D eigenvalue weighted by Crippen LogP contribution is 2.20. The SMILES string of the molecule is CCCNC(=O)C(C)Oc1ccc(C)nc1C=CC(=O)O. The van der Waals surface area contributed by atoms with E-state index in [1.54, 1.807) is 26.0 Å². The van der Waals surface area contributed by atoms with Gasteiger partial charge in [-0.1, -0.05) is 6.92 Å². The van der Waals surface area contributed by atoms with Gasteiger partial charge in [-0.2, -0.15) is 0 Å². The van der Waals surface area contributed by atoms with E-state index >= 15 is 0 Å². The highest BCUT2D eigenvalue weighted by atomic mass is 16.5. The van der Waals surface area contributed by atoms with Crippen LogP contribution in [0.1, 0.15) is 31.7 Å². The smallest absolute Gasteiger partial charge is 0.328 e. The van der Waals surface area contributed by atoms with E-state index in [1.165, 1.54) is 6.08 Å². The highest BCUT2D eigenvalue weighted by molar-refractivity contribution is 5.85. The van der Waals surface area contributed by atoms with Crippen LogP contribution in [0.2, 0.25) is 0 Å². The number of carboxylic acid groups (broad SMARTS) is 1. The molecule has 0 saturated carbocycles. The molecule has 0 radical (unpaired) electrons.